The molecular formula is C61H103N10O12P. The summed E-state index contributed by atoms with van der Waals surface area (Å²) in [5.74, 6) is -2.97. The van der Waals surface area contributed by atoms with Crippen molar-refractivity contribution in [2.75, 3.05) is 84.1 Å². The van der Waals surface area contributed by atoms with Crippen molar-refractivity contribution < 1.29 is 61.2 Å². The monoisotopic (exact) mass is 1200 g/mol. The Morgan fingerprint density at radius 1 is 0.667 bits per heavy atom. The van der Waals surface area contributed by atoms with Crippen molar-refractivity contribution >= 4 is 66.2 Å². The maximum atomic E-state index is 13.7. The van der Waals surface area contributed by atoms with Crippen LogP contribution in [0.3, 0.4) is 0 Å². The van der Waals surface area contributed by atoms with Gasteiger partial charge in [0.15, 0.2) is 23.1 Å². The normalized spacial score (nSPS) is 13.0. The number of phosphoric ester groups is 1. The Morgan fingerprint density at radius 2 is 1.23 bits per heavy atom. The van der Waals surface area contributed by atoms with Gasteiger partial charge in [0.1, 0.15) is 25.8 Å². The number of aromatic nitrogens is 4. The summed E-state index contributed by atoms with van der Waals surface area (Å²) < 4.78 is 39.7. The first-order valence-corrected chi connectivity index (χ1v) is 32.6. The van der Waals surface area contributed by atoms with Crippen LogP contribution in [0.25, 0.3) is 11.2 Å². The van der Waals surface area contributed by atoms with Crippen LogP contribution in [0.15, 0.2) is 30.5 Å². The van der Waals surface area contributed by atoms with E-state index in [0.717, 1.165) is 44.2 Å². The summed E-state index contributed by atoms with van der Waals surface area (Å²) in [5.41, 5.74) is 13.9. The lowest BCUT2D eigenvalue weighted by Crippen LogP contribution is -2.43. The quantitative estimate of drug-likeness (QED) is 0.0134. The molecule has 0 saturated carbocycles. The van der Waals surface area contributed by atoms with Gasteiger partial charge in [-0.3, -0.25) is 23.7 Å². The van der Waals surface area contributed by atoms with Crippen molar-refractivity contribution in [2.24, 2.45) is 0 Å². The van der Waals surface area contributed by atoms with Crippen molar-refractivity contribution in [3.05, 3.63) is 41.7 Å². The summed E-state index contributed by atoms with van der Waals surface area (Å²) in [6.45, 7) is 3.88. The van der Waals surface area contributed by atoms with Gasteiger partial charge in [0.05, 0.1) is 59.2 Å². The molecular weight excluding hydrogens is 1100 g/mol. The van der Waals surface area contributed by atoms with Gasteiger partial charge in [-0.05, 0) is 43.5 Å². The first-order valence-electron chi connectivity index (χ1n) is 31.1. The highest BCUT2D eigenvalue weighted by Crippen LogP contribution is 2.38. The number of quaternary nitrogens is 1. The Hall–Kier alpha value is -5.54. The summed E-state index contributed by atoms with van der Waals surface area (Å²) in [5, 5.41) is 5.39. The van der Waals surface area contributed by atoms with Crippen LogP contribution in [0, 0.1) is 0 Å². The van der Waals surface area contributed by atoms with Crippen molar-refractivity contribution in [3.63, 3.8) is 0 Å². The van der Waals surface area contributed by atoms with E-state index in [1.165, 1.54) is 109 Å². The fraction of sp³-hybridized carbons (Fsp3) is 0.721. The van der Waals surface area contributed by atoms with E-state index in [0.29, 0.717) is 41.6 Å². The van der Waals surface area contributed by atoms with Crippen LogP contribution in [0.2, 0.25) is 0 Å². The minimum atomic E-state index is -4.82. The molecule has 3 rings (SSSR count). The lowest BCUT2D eigenvalue weighted by atomic mass is 10.0. The zero-order chi connectivity index (χ0) is 61.4. The molecule has 474 valence electrons. The number of fused-ring (bicyclic) bond motifs is 1. The third kappa shape index (κ3) is 33.8. The summed E-state index contributed by atoms with van der Waals surface area (Å²) in [6.07, 6.45) is 28.7. The fourth-order valence-electron chi connectivity index (χ4n) is 9.18. The molecule has 0 spiro atoms. The maximum Gasteiger partial charge on any atom is 0.328 e. The number of unbranched alkanes of at least 4 members (excludes halogenated alkanes) is 23. The molecule has 22 nitrogen and oxygen atoms in total. The van der Waals surface area contributed by atoms with E-state index >= 15 is 0 Å². The van der Waals surface area contributed by atoms with Crippen LogP contribution < -0.4 is 31.9 Å². The SMILES string of the molecule is CCCCCCCCCCCCCCCCCC(=O)OCC(COP(=O)([O-])OCC[N+](C)(C)C)OC(=O)CCNC(=O)CC[C@H](NC(=O)c1ccc(N(C)Cc2cnc3nc(N)nc(N)c3n2)cc1)C(=O)OCCCCCCCCCCCC. The molecule has 0 bridgehead atoms. The van der Waals surface area contributed by atoms with Gasteiger partial charge < -0.3 is 59.6 Å². The minimum absolute atomic E-state index is 0.00161. The molecule has 0 aliphatic rings. The molecule has 2 amide bonds. The highest BCUT2D eigenvalue weighted by molar-refractivity contribution is 7.45. The number of nitrogens with one attached hydrogen (secondary N) is 2. The number of esters is 3. The predicted octanol–water partition coefficient (Wildman–Crippen LogP) is 9.99. The van der Waals surface area contributed by atoms with E-state index in [-0.39, 0.29) is 68.4 Å². The Labute approximate surface area is 500 Å². The second-order valence-electron chi connectivity index (χ2n) is 23.0. The standard InChI is InChI=1S/C61H103N10O12P/c1-7-9-11-13-15-17-19-20-21-22-23-24-26-28-30-32-54(73)80-46-51(47-82-84(77,78)81-43-41-71(4,5)6)83-55(74)39-40-64-53(72)38-37-52(60(76)79-42-31-29-27-25-18-16-14-12-10-8-2)67-59(75)48-33-35-50(36-34-48)70(3)45-49-44-65-58-56(66-49)57(62)68-61(63)69-58/h33-36,44,51-52H,7-32,37-43,45-47H2,1-6H3,(H6-,62,63,64,65,67,68,69,72,75,77,78)/t51?,52-/m0/s1. The number of hydrogen-bond acceptors (Lipinski definition) is 19. The predicted molar refractivity (Wildman–Crippen MR) is 326 cm³/mol. The molecule has 0 radical (unpaired) electrons. The number of nitrogen functional groups attached to an aromatic ring is 2. The van der Waals surface area contributed by atoms with Gasteiger partial charge in [-0.1, -0.05) is 162 Å². The summed E-state index contributed by atoms with van der Waals surface area (Å²) in [6, 6.07) is 5.54. The minimum Gasteiger partial charge on any atom is -0.756 e. The lowest BCUT2D eigenvalue weighted by molar-refractivity contribution is -0.870. The highest BCUT2D eigenvalue weighted by Gasteiger charge is 2.26. The summed E-state index contributed by atoms with van der Waals surface area (Å²) in [7, 11) is 2.65. The Bertz CT molecular complexity index is 2410. The van der Waals surface area contributed by atoms with Crippen molar-refractivity contribution in [2.45, 2.75) is 219 Å². The molecule has 0 saturated heterocycles. The number of carbonyl (C=O) groups excluding carboxylic acids is 5. The van der Waals surface area contributed by atoms with Crippen LogP contribution in [-0.2, 0) is 53.5 Å². The zero-order valence-corrected chi connectivity index (χ0v) is 52.6. The van der Waals surface area contributed by atoms with Crippen LogP contribution in [-0.4, -0.2) is 134 Å². The van der Waals surface area contributed by atoms with Gasteiger partial charge in [0, 0.05) is 37.7 Å². The molecule has 84 heavy (non-hydrogen) atoms. The number of carbonyl (C=O) groups is 5. The van der Waals surface area contributed by atoms with Gasteiger partial charge in [0.2, 0.25) is 11.9 Å². The first-order chi connectivity index (χ1) is 40.3. The molecule has 0 aliphatic heterocycles. The van der Waals surface area contributed by atoms with Crippen LogP contribution >= 0.6 is 7.82 Å². The van der Waals surface area contributed by atoms with Crippen LogP contribution in [0.1, 0.15) is 216 Å². The van der Waals surface area contributed by atoms with E-state index < -0.39 is 62.9 Å². The maximum absolute atomic E-state index is 13.7. The van der Waals surface area contributed by atoms with E-state index in [1.807, 2.05) is 33.1 Å². The molecule has 3 atom stereocenters. The van der Waals surface area contributed by atoms with E-state index in [4.69, 9.17) is 34.7 Å². The van der Waals surface area contributed by atoms with Crippen molar-refractivity contribution in [3.8, 4) is 0 Å². The number of rotatable bonds is 49. The first kappa shape index (κ1) is 72.7. The third-order valence-corrected chi connectivity index (χ3v) is 15.2. The average molecular weight is 1200 g/mol. The van der Waals surface area contributed by atoms with Gasteiger partial charge in [-0.25, -0.2) is 14.8 Å². The number of amides is 2. The van der Waals surface area contributed by atoms with Crippen LogP contribution in [0.4, 0.5) is 17.5 Å². The molecule has 0 fully saturated rings. The molecule has 2 heterocycles. The second kappa shape index (κ2) is 42.3. The Balaban J connectivity index is 1.52. The number of benzene rings is 1. The lowest BCUT2D eigenvalue weighted by Gasteiger charge is -2.28. The highest BCUT2D eigenvalue weighted by atomic mass is 31.2. The van der Waals surface area contributed by atoms with E-state index in [9.17, 15) is 33.4 Å². The van der Waals surface area contributed by atoms with Crippen molar-refractivity contribution in [1.29, 1.82) is 0 Å². The Morgan fingerprint density at radius 3 is 1.80 bits per heavy atom. The number of likely N-dealkylation sites (N-methyl/N-ethyl adjacent to an activating group) is 1. The molecule has 23 heteroatoms. The molecule has 3 aromatic rings. The Kier molecular flexibility index (Phi) is 36.6. The number of anilines is 3. The fourth-order valence-corrected chi connectivity index (χ4v) is 9.91. The molecule has 2 aromatic heterocycles. The zero-order valence-electron chi connectivity index (χ0n) is 51.7. The topological polar surface area (TPSA) is 303 Å². The van der Waals surface area contributed by atoms with Crippen molar-refractivity contribution in [1.82, 2.24) is 30.6 Å². The largest absolute Gasteiger partial charge is 0.756 e. The average Bonchev–Trinajstić information content (AvgIpc) is 2.99. The smallest absolute Gasteiger partial charge is 0.328 e. The van der Waals surface area contributed by atoms with E-state index in [1.54, 1.807) is 30.5 Å². The third-order valence-electron chi connectivity index (χ3n) is 14.3. The van der Waals surface area contributed by atoms with Gasteiger partial charge in [0.25, 0.3) is 13.7 Å². The molecule has 1 aromatic carbocycles. The molecule has 2 unspecified atom stereocenters. The summed E-state index contributed by atoms with van der Waals surface area (Å²) >= 11 is 0. The number of phosphoric acid groups is 1. The van der Waals surface area contributed by atoms with Gasteiger partial charge in [-0.2, -0.15) is 9.97 Å². The summed E-state index contributed by atoms with van der Waals surface area (Å²) in [4.78, 5) is 97.7. The van der Waals surface area contributed by atoms with Crippen LogP contribution in [0.5, 0.6) is 0 Å². The van der Waals surface area contributed by atoms with E-state index in [2.05, 4.69) is 44.4 Å². The molecule has 0 aliphatic carbocycles. The second-order valence-corrected chi connectivity index (χ2v) is 24.4. The van der Waals surface area contributed by atoms with Gasteiger partial charge >= 0.3 is 17.9 Å². The van der Waals surface area contributed by atoms with Gasteiger partial charge in [-0.15, -0.1) is 0 Å². The number of nitrogens with zero attached hydrogens (tertiary/aromatic N) is 6. The number of ether oxygens (including phenoxy) is 3. The number of nitrogens with two attached hydrogens (primary N) is 2. The molecule has 6 N–H and O–H groups in total. The number of hydrogen-bond donors (Lipinski definition) is 4.